The van der Waals surface area contributed by atoms with E-state index in [1.807, 2.05) is 20.8 Å². The van der Waals surface area contributed by atoms with E-state index >= 15 is 0 Å². The number of nitrogens with zero attached hydrogens (tertiary/aromatic N) is 2. The standard InChI is InChI=1S/C14H22N2O3/c1-4-10-19-12-8-7-9-16(14(12)18)11-13(17)15(5-2)6-3/h7-9H,4-6,10-11H2,1-3H3. The van der Waals surface area contributed by atoms with E-state index in [-0.39, 0.29) is 18.0 Å². The Hall–Kier alpha value is -1.78. The fourth-order valence-electron chi connectivity index (χ4n) is 1.78. The molecule has 0 bridgehead atoms. The number of rotatable bonds is 7. The number of aromatic nitrogens is 1. The zero-order chi connectivity index (χ0) is 14.3. The molecule has 0 radical (unpaired) electrons. The lowest BCUT2D eigenvalue weighted by Gasteiger charge is -2.19. The van der Waals surface area contributed by atoms with E-state index in [2.05, 4.69) is 0 Å². The minimum absolute atomic E-state index is 0.0558. The van der Waals surface area contributed by atoms with Crippen molar-refractivity contribution in [2.45, 2.75) is 33.7 Å². The maximum atomic E-state index is 12.1. The summed E-state index contributed by atoms with van der Waals surface area (Å²) in [6.45, 7) is 7.68. The second-order valence-corrected chi connectivity index (χ2v) is 4.22. The van der Waals surface area contributed by atoms with E-state index in [4.69, 9.17) is 4.74 Å². The van der Waals surface area contributed by atoms with E-state index in [9.17, 15) is 9.59 Å². The first-order chi connectivity index (χ1) is 9.13. The lowest BCUT2D eigenvalue weighted by Crippen LogP contribution is -2.36. The van der Waals surface area contributed by atoms with Gasteiger partial charge in [0.25, 0.3) is 5.56 Å². The summed E-state index contributed by atoms with van der Waals surface area (Å²) < 4.78 is 6.76. The number of hydrogen-bond acceptors (Lipinski definition) is 3. The molecule has 106 valence electrons. The molecule has 0 atom stereocenters. The highest BCUT2D eigenvalue weighted by Crippen LogP contribution is 2.03. The first-order valence-corrected chi connectivity index (χ1v) is 6.74. The molecule has 1 rings (SSSR count). The van der Waals surface area contributed by atoms with Gasteiger partial charge in [-0.1, -0.05) is 6.92 Å². The molecule has 1 heterocycles. The van der Waals surface area contributed by atoms with Crippen LogP contribution in [0, 0.1) is 0 Å². The van der Waals surface area contributed by atoms with Crippen LogP contribution in [0.15, 0.2) is 23.1 Å². The third-order valence-corrected chi connectivity index (χ3v) is 2.87. The van der Waals surface area contributed by atoms with Crippen molar-refractivity contribution in [2.24, 2.45) is 0 Å². The predicted octanol–water partition coefficient (Wildman–Crippen LogP) is 1.51. The molecule has 0 fully saturated rings. The van der Waals surface area contributed by atoms with Crippen LogP contribution in [0.25, 0.3) is 0 Å². The number of ether oxygens (including phenoxy) is 1. The van der Waals surface area contributed by atoms with Gasteiger partial charge in [0, 0.05) is 19.3 Å². The molecule has 0 unspecified atom stereocenters. The molecule has 1 aromatic heterocycles. The van der Waals surface area contributed by atoms with Gasteiger partial charge in [-0.2, -0.15) is 0 Å². The average Bonchev–Trinajstić information content (AvgIpc) is 2.41. The van der Waals surface area contributed by atoms with E-state index < -0.39 is 0 Å². The summed E-state index contributed by atoms with van der Waals surface area (Å²) in [6.07, 6.45) is 2.45. The van der Waals surface area contributed by atoms with E-state index in [1.54, 1.807) is 23.2 Å². The predicted molar refractivity (Wildman–Crippen MR) is 74.4 cm³/mol. The highest BCUT2D eigenvalue weighted by molar-refractivity contribution is 5.75. The number of hydrogen-bond donors (Lipinski definition) is 0. The molecule has 0 saturated heterocycles. The third-order valence-electron chi connectivity index (χ3n) is 2.87. The van der Waals surface area contributed by atoms with Crippen molar-refractivity contribution in [3.63, 3.8) is 0 Å². The normalized spacial score (nSPS) is 10.3. The second-order valence-electron chi connectivity index (χ2n) is 4.22. The van der Waals surface area contributed by atoms with Gasteiger partial charge in [-0.15, -0.1) is 0 Å². The van der Waals surface area contributed by atoms with E-state index in [1.165, 1.54) is 4.57 Å². The third kappa shape index (κ3) is 4.12. The Morgan fingerprint density at radius 2 is 2.00 bits per heavy atom. The van der Waals surface area contributed by atoms with E-state index in [0.717, 1.165) is 6.42 Å². The molecule has 0 spiro atoms. The van der Waals surface area contributed by atoms with Gasteiger partial charge in [-0.3, -0.25) is 9.59 Å². The van der Waals surface area contributed by atoms with E-state index in [0.29, 0.717) is 25.4 Å². The highest BCUT2D eigenvalue weighted by Gasteiger charge is 2.12. The molecular weight excluding hydrogens is 244 g/mol. The maximum Gasteiger partial charge on any atom is 0.293 e. The molecule has 0 saturated carbocycles. The number of carbonyl (C=O) groups is 1. The minimum atomic E-state index is -0.253. The second kappa shape index (κ2) is 7.61. The summed E-state index contributed by atoms with van der Waals surface area (Å²) in [4.78, 5) is 25.8. The Balaban J connectivity index is 2.84. The molecule has 0 N–H and O–H groups in total. The van der Waals surface area contributed by atoms with Crippen LogP contribution in [-0.4, -0.2) is 35.1 Å². The summed E-state index contributed by atoms with van der Waals surface area (Å²) in [5.41, 5.74) is -0.253. The molecular formula is C14H22N2O3. The van der Waals surface area contributed by atoms with Gasteiger partial charge in [0.15, 0.2) is 5.75 Å². The van der Waals surface area contributed by atoms with Gasteiger partial charge >= 0.3 is 0 Å². The van der Waals surface area contributed by atoms with Crippen LogP contribution in [0.2, 0.25) is 0 Å². The largest absolute Gasteiger partial charge is 0.488 e. The van der Waals surface area contributed by atoms with Crippen LogP contribution in [0.5, 0.6) is 5.75 Å². The van der Waals surface area contributed by atoms with Gasteiger partial charge in [-0.25, -0.2) is 0 Å². The number of amides is 1. The van der Waals surface area contributed by atoms with Gasteiger partial charge in [0.05, 0.1) is 6.61 Å². The average molecular weight is 266 g/mol. The van der Waals surface area contributed by atoms with Gasteiger partial charge in [0.2, 0.25) is 5.91 Å². The highest BCUT2D eigenvalue weighted by atomic mass is 16.5. The first-order valence-electron chi connectivity index (χ1n) is 6.74. The molecule has 5 heteroatoms. The van der Waals surface area contributed by atoms with Crippen LogP contribution in [0.3, 0.4) is 0 Å². The van der Waals surface area contributed by atoms with Crippen molar-refractivity contribution in [1.29, 1.82) is 0 Å². The van der Waals surface area contributed by atoms with Gasteiger partial charge in [-0.05, 0) is 32.4 Å². The summed E-state index contributed by atoms with van der Waals surface area (Å²) in [5.74, 6) is 0.247. The zero-order valence-electron chi connectivity index (χ0n) is 11.9. The molecule has 5 nitrogen and oxygen atoms in total. The number of carbonyl (C=O) groups excluding carboxylic acids is 1. The quantitative estimate of drug-likeness (QED) is 0.751. The van der Waals surface area contributed by atoms with Crippen LogP contribution >= 0.6 is 0 Å². The topological polar surface area (TPSA) is 51.5 Å². The molecule has 0 aliphatic heterocycles. The van der Waals surface area contributed by atoms with Crippen molar-refractivity contribution < 1.29 is 9.53 Å². The summed E-state index contributed by atoms with van der Waals surface area (Å²) >= 11 is 0. The Labute approximate surface area is 113 Å². The minimum Gasteiger partial charge on any atom is -0.488 e. The van der Waals surface area contributed by atoms with Crippen LogP contribution in [-0.2, 0) is 11.3 Å². The summed E-state index contributed by atoms with van der Waals surface area (Å²) in [7, 11) is 0. The zero-order valence-corrected chi connectivity index (χ0v) is 11.9. The molecule has 19 heavy (non-hydrogen) atoms. The Morgan fingerprint density at radius 3 is 2.58 bits per heavy atom. The smallest absolute Gasteiger partial charge is 0.293 e. The molecule has 0 aromatic carbocycles. The molecule has 0 aliphatic carbocycles. The number of pyridine rings is 1. The fraction of sp³-hybridized carbons (Fsp3) is 0.571. The SMILES string of the molecule is CCCOc1cccn(CC(=O)N(CC)CC)c1=O. The Kier molecular flexibility index (Phi) is 6.12. The van der Waals surface area contributed by atoms with Crippen LogP contribution in [0.1, 0.15) is 27.2 Å². The van der Waals surface area contributed by atoms with Crippen molar-refractivity contribution in [3.8, 4) is 5.75 Å². The monoisotopic (exact) mass is 266 g/mol. The molecule has 1 amide bonds. The first kappa shape index (κ1) is 15.3. The van der Waals surface area contributed by atoms with Crippen LogP contribution < -0.4 is 10.3 Å². The van der Waals surface area contributed by atoms with Gasteiger partial charge < -0.3 is 14.2 Å². The Morgan fingerprint density at radius 1 is 1.32 bits per heavy atom. The molecule has 0 aliphatic rings. The van der Waals surface area contributed by atoms with Gasteiger partial charge in [0.1, 0.15) is 6.54 Å². The van der Waals surface area contributed by atoms with Crippen molar-refractivity contribution in [2.75, 3.05) is 19.7 Å². The Bertz CT molecular complexity index is 464. The maximum absolute atomic E-state index is 12.1. The molecule has 1 aromatic rings. The van der Waals surface area contributed by atoms with Crippen molar-refractivity contribution >= 4 is 5.91 Å². The fourth-order valence-corrected chi connectivity index (χ4v) is 1.78. The summed E-state index contributed by atoms with van der Waals surface area (Å²) in [6, 6.07) is 3.36. The van der Waals surface area contributed by atoms with Crippen molar-refractivity contribution in [1.82, 2.24) is 9.47 Å². The lowest BCUT2D eigenvalue weighted by molar-refractivity contribution is -0.131. The lowest BCUT2D eigenvalue weighted by atomic mass is 10.4. The van der Waals surface area contributed by atoms with Crippen molar-refractivity contribution in [3.05, 3.63) is 28.7 Å². The number of likely N-dealkylation sites (N-methyl/N-ethyl adjacent to an activating group) is 1. The van der Waals surface area contributed by atoms with Crippen LogP contribution in [0.4, 0.5) is 0 Å². The summed E-state index contributed by atoms with van der Waals surface area (Å²) in [5, 5.41) is 0.